The average Bonchev–Trinajstić information content (AvgIpc) is 3.74. The van der Waals surface area contributed by atoms with E-state index in [0.717, 1.165) is 0 Å². The summed E-state index contributed by atoms with van der Waals surface area (Å²) in [6.07, 6.45) is -5.23. The van der Waals surface area contributed by atoms with Crippen molar-refractivity contribution >= 4 is 36.2 Å². The van der Waals surface area contributed by atoms with Crippen LogP contribution in [0.4, 0.5) is 14.4 Å². The quantitative estimate of drug-likeness (QED) is 0.119. The molecule has 6 atom stereocenters. The second-order valence-corrected chi connectivity index (χ2v) is 11.1. The molecule has 18 heteroatoms. The summed E-state index contributed by atoms with van der Waals surface area (Å²) in [4.78, 5) is 70.2. The number of amides is 3. The van der Waals surface area contributed by atoms with Crippen LogP contribution in [0.15, 0.2) is 0 Å². The number of carbonyl (C=O) groups is 6. The molecule has 0 aromatic carbocycles. The number of rotatable bonds is 19. The summed E-state index contributed by atoms with van der Waals surface area (Å²) in [5, 5.41) is 8.12. The second-order valence-electron chi connectivity index (χ2n) is 11.1. The molecule has 0 radical (unpaired) electrons. The van der Waals surface area contributed by atoms with Crippen LogP contribution in [0.5, 0.6) is 0 Å². The fourth-order valence-electron chi connectivity index (χ4n) is 4.29. The van der Waals surface area contributed by atoms with Crippen molar-refractivity contribution in [1.29, 1.82) is 0 Å². The maximum atomic E-state index is 12.3. The van der Waals surface area contributed by atoms with Crippen molar-refractivity contribution in [1.82, 2.24) is 16.0 Å². The van der Waals surface area contributed by atoms with Gasteiger partial charge in [-0.05, 0) is 27.2 Å². The predicted molar refractivity (Wildman–Crippen MR) is 147 cm³/mol. The molecule has 0 spiro atoms. The molecule has 0 aromatic heterocycles. The lowest BCUT2D eigenvalue weighted by Gasteiger charge is -2.33. The topological polar surface area (TPSA) is 222 Å². The lowest BCUT2D eigenvalue weighted by Crippen LogP contribution is -2.46. The van der Waals surface area contributed by atoms with Crippen LogP contribution in [-0.4, -0.2) is 132 Å². The van der Waals surface area contributed by atoms with E-state index in [2.05, 4.69) is 30.2 Å². The van der Waals surface area contributed by atoms with E-state index in [4.69, 9.17) is 28.4 Å². The molecule has 3 amide bonds. The number of cyclic esters (lactones) is 6. The minimum Gasteiger partial charge on any atom is -0.430 e. The summed E-state index contributed by atoms with van der Waals surface area (Å²) in [7, 11) is 0. The highest BCUT2D eigenvalue weighted by molar-refractivity contribution is 5.85. The summed E-state index contributed by atoms with van der Waals surface area (Å²) in [6.45, 7) is 7.48. The molecule has 3 saturated heterocycles. The molecule has 3 rings (SSSR count). The van der Waals surface area contributed by atoms with E-state index in [0.29, 0.717) is 6.42 Å². The van der Waals surface area contributed by atoms with Crippen LogP contribution in [0.3, 0.4) is 0 Å². The Hall–Kier alpha value is -3.90. The Labute approximate surface area is 259 Å². The average molecular weight is 648 g/mol. The third-order valence-electron chi connectivity index (χ3n) is 6.89. The third-order valence-corrected chi connectivity index (χ3v) is 6.89. The van der Waals surface area contributed by atoms with Gasteiger partial charge in [0.2, 0.25) is 18.3 Å². The molecule has 0 aliphatic carbocycles. The minimum absolute atomic E-state index is 0.123. The largest absolute Gasteiger partial charge is 0.509 e. The van der Waals surface area contributed by atoms with Crippen molar-refractivity contribution in [3.05, 3.63) is 0 Å². The monoisotopic (exact) mass is 647 g/mol. The van der Waals surface area contributed by atoms with Gasteiger partial charge in [0.15, 0.2) is 0 Å². The first-order valence-electron chi connectivity index (χ1n) is 14.5. The Morgan fingerprint density at radius 2 is 0.933 bits per heavy atom. The maximum absolute atomic E-state index is 12.3. The molecule has 3 aliphatic heterocycles. The Bertz CT molecular complexity index is 946. The smallest absolute Gasteiger partial charge is 0.430 e. The SMILES string of the molecule is CCC(COCC(C)NC(=O)C1COC(=O)O1)(COCC(C)NC(=O)C1COC(=O)O1)COCC(C)NC(=O)C1COC(=O)O1. The summed E-state index contributed by atoms with van der Waals surface area (Å²) in [5.41, 5.74) is -0.671. The molecule has 18 nitrogen and oxygen atoms in total. The highest BCUT2D eigenvalue weighted by Crippen LogP contribution is 2.24. The molecule has 3 aliphatic rings. The van der Waals surface area contributed by atoms with Crippen LogP contribution in [0, 0.1) is 5.41 Å². The zero-order valence-corrected chi connectivity index (χ0v) is 25.7. The van der Waals surface area contributed by atoms with Crippen LogP contribution >= 0.6 is 0 Å². The molecule has 3 fully saturated rings. The van der Waals surface area contributed by atoms with Crippen LogP contribution in [0.2, 0.25) is 0 Å². The zero-order chi connectivity index (χ0) is 33.0. The molecule has 3 heterocycles. The van der Waals surface area contributed by atoms with Gasteiger partial charge < -0.3 is 58.6 Å². The van der Waals surface area contributed by atoms with Gasteiger partial charge in [-0.15, -0.1) is 0 Å². The molecule has 0 aromatic rings. The first-order chi connectivity index (χ1) is 21.4. The molecular weight excluding hydrogens is 606 g/mol. The first-order valence-corrected chi connectivity index (χ1v) is 14.5. The number of hydrogen-bond acceptors (Lipinski definition) is 15. The van der Waals surface area contributed by atoms with Crippen LogP contribution in [0.25, 0.3) is 0 Å². The number of ether oxygens (including phenoxy) is 9. The van der Waals surface area contributed by atoms with E-state index in [-0.39, 0.29) is 59.5 Å². The summed E-state index contributed by atoms with van der Waals surface area (Å²) < 4.78 is 46.2. The first kappa shape index (κ1) is 35.6. The molecule has 45 heavy (non-hydrogen) atoms. The van der Waals surface area contributed by atoms with Gasteiger partial charge in [0.05, 0.1) is 39.6 Å². The molecular formula is C27H41N3O15. The normalized spacial score (nSPS) is 24.0. The summed E-state index contributed by atoms with van der Waals surface area (Å²) >= 11 is 0. The molecule has 0 bridgehead atoms. The maximum Gasteiger partial charge on any atom is 0.509 e. The number of carbonyl (C=O) groups excluding carboxylic acids is 6. The van der Waals surface area contributed by atoms with Crippen molar-refractivity contribution < 1.29 is 71.4 Å². The minimum atomic E-state index is -1.03. The van der Waals surface area contributed by atoms with Crippen LogP contribution in [0.1, 0.15) is 34.1 Å². The van der Waals surface area contributed by atoms with E-state index in [9.17, 15) is 28.8 Å². The van der Waals surface area contributed by atoms with E-state index in [1.165, 1.54) is 0 Å². The van der Waals surface area contributed by atoms with Gasteiger partial charge in [0.1, 0.15) is 19.8 Å². The van der Waals surface area contributed by atoms with Crippen molar-refractivity contribution in [2.45, 2.75) is 70.6 Å². The van der Waals surface area contributed by atoms with Gasteiger partial charge in [-0.2, -0.15) is 0 Å². The van der Waals surface area contributed by atoms with Crippen molar-refractivity contribution in [2.24, 2.45) is 5.41 Å². The van der Waals surface area contributed by atoms with Gasteiger partial charge in [-0.3, -0.25) is 14.4 Å². The number of nitrogens with one attached hydrogen (secondary N) is 3. The van der Waals surface area contributed by atoms with Crippen LogP contribution < -0.4 is 16.0 Å². The van der Waals surface area contributed by atoms with E-state index in [1.54, 1.807) is 20.8 Å². The Balaban J connectivity index is 1.49. The van der Waals surface area contributed by atoms with Crippen molar-refractivity contribution in [3.63, 3.8) is 0 Å². The highest BCUT2D eigenvalue weighted by atomic mass is 16.8. The van der Waals surface area contributed by atoms with Gasteiger partial charge in [0, 0.05) is 23.5 Å². The Morgan fingerprint density at radius 1 is 0.644 bits per heavy atom. The predicted octanol–water partition coefficient (Wildman–Crippen LogP) is -0.447. The van der Waals surface area contributed by atoms with Gasteiger partial charge in [-0.25, -0.2) is 14.4 Å². The number of hydrogen-bond donors (Lipinski definition) is 3. The lowest BCUT2D eigenvalue weighted by molar-refractivity contribution is -0.129. The Kier molecular flexibility index (Phi) is 13.4. The molecule has 6 unspecified atom stereocenters. The van der Waals surface area contributed by atoms with E-state index in [1.807, 2.05) is 6.92 Å². The standard InChI is InChI=1S/C27H41N3O15/c1-5-27(12-37-6-15(2)28-21(31)18-9-40-24(34)43-18,13-38-7-16(3)29-22(32)19-10-41-25(35)44-19)14-39-8-17(4)30-23(33)20-11-42-26(36)45-20/h15-20H,5-14H2,1-4H3,(H,28,31)(H,29,32)(H,30,33). The van der Waals surface area contributed by atoms with Crippen LogP contribution in [-0.2, 0) is 57.0 Å². The zero-order valence-electron chi connectivity index (χ0n) is 25.7. The molecule has 254 valence electrons. The fraction of sp³-hybridized carbons (Fsp3) is 0.778. The van der Waals surface area contributed by atoms with Crippen molar-refractivity contribution in [3.8, 4) is 0 Å². The summed E-state index contributed by atoms with van der Waals surface area (Å²) in [5.74, 6) is -1.51. The molecule has 3 N–H and O–H groups in total. The fourth-order valence-corrected chi connectivity index (χ4v) is 4.29. The lowest BCUT2D eigenvalue weighted by atomic mass is 9.88. The second kappa shape index (κ2) is 17.0. The van der Waals surface area contributed by atoms with Gasteiger partial charge in [-0.1, -0.05) is 6.92 Å². The highest BCUT2D eigenvalue weighted by Gasteiger charge is 2.35. The van der Waals surface area contributed by atoms with Gasteiger partial charge in [0.25, 0.3) is 17.7 Å². The van der Waals surface area contributed by atoms with Crippen molar-refractivity contribution in [2.75, 3.05) is 59.5 Å². The molecule has 0 saturated carbocycles. The van der Waals surface area contributed by atoms with E-state index >= 15 is 0 Å². The van der Waals surface area contributed by atoms with Gasteiger partial charge >= 0.3 is 18.5 Å². The van der Waals surface area contributed by atoms with E-state index < -0.39 is 78.0 Å². The third kappa shape index (κ3) is 11.5. The summed E-state index contributed by atoms with van der Waals surface area (Å²) in [6, 6.07) is -1.29. The Morgan fingerprint density at radius 3 is 1.16 bits per heavy atom.